The van der Waals surface area contributed by atoms with Gasteiger partial charge in [-0.15, -0.1) is 11.3 Å². The lowest BCUT2D eigenvalue weighted by molar-refractivity contribution is 0.123. The Morgan fingerprint density at radius 1 is 1.24 bits per heavy atom. The van der Waals surface area contributed by atoms with Gasteiger partial charge >= 0.3 is 0 Å². The van der Waals surface area contributed by atoms with E-state index >= 15 is 0 Å². The number of hydrogen-bond donors (Lipinski definition) is 1. The summed E-state index contributed by atoms with van der Waals surface area (Å²) >= 11 is 1.42. The van der Waals surface area contributed by atoms with Crippen LogP contribution in [0.25, 0.3) is 20.8 Å². The van der Waals surface area contributed by atoms with Crippen LogP contribution in [0.2, 0.25) is 0 Å². The van der Waals surface area contributed by atoms with E-state index in [2.05, 4.69) is 4.98 Å². The fourth-order valence-electron chi connectivity index (χ4n) is 2.00. The van der Waals surface area contributed by atoms with Gasteiger partial charge in [-0.05, 0) is 31.2 Å². The fraction of sp³-hybridized carbons (Fsp3) is 0.188. The van der Waals surface area contributed by atoms with Gasteiger partial charge in [0.15, 0.2) is 0 Å². The molecule has 1 unspecified atom stereocenters. The lowest BCUT2D eigenvalue weighted by atomic mass is 10.2. The largest absolute Gasteiger partial charge is 0.489 e. The summed E-state index contributed by atoms with van der Waals surface area (Å²) in [4.78, 5) is 4.49. The number of aromatic nitrogens is 1. The van der Waals surface area contributed by atoms with Crippen molar-refractivity contribution in [2.75, 3.05) is 6.61 Å². The number of ether oxygens (including phenoxy) is 1. The lowest BCUT2D eigenvalue weighted by Gasteiger charge is -2.08. The normalized spacial score (nSPS) is 12.5. The van der Waals surface area contributed by atoms with Gasteiger partial charge in [0.1, 0.15) is 28.7 Å². The van der Waals surface area contributed by atoms with Gasteiger partial charge in [-0.25, -0.2) is 9.37 Å². The second-order valence-electron chi connectivity index (χ2n) is 4.76. The minimum absolute atomic E-state index is 0.200. The Hall–Kier alpha value is -1.98. The number of thiazole rings is 1. The van der Waals surface area contributed by atoms with Crippen molar-refractivity contribution in [3.63, 3.8) is 0 Å². The molecule has 1 N–H and O–H groups in total. The number of hydrogen-bond acceptors (Lipinski definition) is 4. The van der Waals surface area contributed by atoms with Crippen LogP contribution in [-0.2, 0) is 0 Å². The molecular formula is C16H14FNO2S. The quantitative estimate of drug-likeness (QED) is 0.796. The third kappa shape index (κ3) is 2.89. The number of benzene rings is 2. The van der Waals surface area contributed by atoms with E-state index in [0.29, 0.717) is 21.8 Å². The van der Waals surface area contributed by atoms with Crippen LogP contribution < -0.4 is 4.74 Å². The van der Waals surface area contributed by atoms with E-state index in [1.54, 1.807) is 31.2 Å². The topological polar surface area (TPSA) is 42.4 Å². The molecule has 0 saturated carbocycles. The molecule has 5 heteroatoms. The molecule has 0 fully saturated rings. The van der Waals surface area contributed by atoms with E-state index < -0.39 is 6.10 Å². The first-order chi connectivity index (χ1) is 10.1. The predicted octanol–water partition coefficient (Wildman–Crippen LogP) is 3.86. The summed E-state index contributed by atoms with van der Waals surface area (Å²) in [6.45, 7) is 1.86. The summed E-state index contributed by atoms with van der Waals surface area (Å²) in [5.74, 6) is 0.315. The van der Waals surface area contributed by atoms with Crippen LogP contribution in [-0.4, -0.2) is 22.8 Å². The maximum absolute atomic E-state index is 13.9. The first-order valence-electron chi connectivity index (χ1n) is 6.60. The average molecular weight is 303 g/mol. The molecule has 3 nitrogen and oxygen atoms in total. The molecule has 1 heterocycles. The molecule has 0 aliphatic carbocycles. The highest BCUT2D eigenvalue weighted by molar-refractivity contribution is 7.21. The number of rotatable bonds is 4. The van der Waals surface area contributed by atoms with E-state index in [1.807, 2.05) is 12.1 Å². The molecule has 2 aromatic carbocycles. The Balaban J connectivity index is 2.04. The van der Waals surface area contributed by atoms with Crippen molar-refractivity contribution in [3.8, 4) is 16.3 Å². The Bertz CT molecular complexity index is 770. The second kappa shape index (κ2) is 5.79. The highest BCUT2D eigenvalue weighted by Gasteiger charge is 2.13. The van der Waals surface area contributed by atoms with Crippen molar-refractivity contribution < 1.29 is 14.2 Å². The maximum atomic E-state index is 13.9. The van der Waals surface area contributed by atoms with Crippen LogP contribution in [0.1, 0.15) is 6.92 Å². The van der Waals surface area contributed by atoms with Gasteiger partial charge in [0.2, 0.25) is 0 Å². The van der Waals surface area contributed by atoms with Crippen molar-refractivity contribution in [2.45, 2.75) is 13.0 Å². The molecule has 1 atom stereocenters. The maximum Gasteiger partial charge on any atom is 0.146 e. The number of aliphatic hydroxyl groups excluding tert-OH is 1. The number of fused-ring (bicyclic) bond motifs is 1. The van der Waals surface area contributed by atoms with Crippen molar-refractivity contribution >= 4 is 21.6 Å². The summed E-state index contributed by atoms with van der Waals surface area (Å²) in [5.41, 5.74) is 1.18. The molecule has 0 amide bonds. The van der Waals surface area contributed by atoms with Gasteiger partial charge in [-0.3, -0.25) is 0 Å². The van der Waals surface area contributed by atoms with Gasteiger partial charge in [-0.1, -0.05) is 18.2 Å². The lowest BCUT2D eigenvalue weighted by Crippen LogP contribution is -2.12. The van der Waals surface area contributed by atoms with Crippen LogP contribution in [0.4, 0.5) is 4.39 Å². The molecule has 1 aromatic heterocycles. The van der Waals surface area contributed by atoms with Crippen molar-refractivity contribution in [3.05, 3.63) is 48.3 Å². The molecule has 0 spiro atoms. The summed E-state index contributed by atoms with van der Waals surface area (Å²) in [7, 11) is 0. The zero-order chi connectivity index (χ0) is 14.8. The van der Waals surface area contributed by atoms with E-state index in [4.69, 9.17) is 4.74 Å². The first-order valence-corrected chi connectivity index (χ1v) is 7.42. The zero-order valence-corrected chi connectivity index (χ0v) is 12.2. The molecule has 3 rings (SSSR count). The minimum atomic E-state index is -0.551. The van der Waals surface area contributed by atoms with Crippen LogP contribution in [0.15, 0.2) is 42.5 Å². The van der Waals surface area contributed by atoms with E-state index in [0.717, 1.165) is 4.70 Å². The first kappa shape index (κ1) is 14.0. The molecule has 3 aromatic rings. The monoisotopic (exact) mass is 303 g/mol. The number of aliphatic hydroxyl groups is 1. The molecule has 0 saturated heterocycles. The second-order valence-corrected chi connectivity index (χ2v) is 5.79. The summed E-state index contributed by atoms with van der Waals surface area (Å²) < 4.78 is 20.3. The van der Waals surface area contributed by atoms with Crippen molar-refractivity contribution in [1.82, 2.24) is 4.98 Å². The third-order valence-electron chi connectivity index (χ3n) is 2.97. The van der Waals surface area contributed by atoms with E-state index in [-0.39, 0.29) is 12.4 Å². The molecule has 0 radical (unpaired) electrons. The van der Waals surface area contributed by atoms with Crippen LogP contribution in [0.3, 0.4) is 0 Å². The van der Waals surface area contributed by atoms with Crippen molar-refractivity contribution in [1.29, 1.82) is 0 Å². The standard InChI is InChI=1S/C16H14FNO2S/c1-10(19)9-20-13-7-4-8-14-15(13)18-16(21-14)11-5-2-3-6-12(11)17/h2-8,10,19H,9H2,1H3. The number of nitrogens with zero attached hydrogens (tertiary/aromatic N) is 1. The molecule has 0 aliphatic rings. The smallest absolute Gasteiger partial charge is 0.146 e. The van der Waals surface area contributed by atoms with Gasteiger partial charge in [0, 0.05) is 5.56 Å². The summed E-state index contributed by atoms with van der Waals surface area (Å²) in [5, 5.41) is 9.93. The predicted molar refractivity (Wildman–Crippen MR) is 82.2 cm³/mol. The Kier molecular flexibility index (Phi) is 3.86. The van der Waals surface area contributed by atoms with Crippen LogP contribution in [0.5, 0.6) is 5.75 Å². The fourth-order valence-corrected chi connectivity index (χ4v) is 3.01. The van der Waals surface area contributed by atoms with Gasteiger partial charge in [0.25, 0.3) is 0 Å². The summed E-state index contributed by atoms with van der Waals surface area (Å²) in [6, 6.07) is 12.2. The zero-order valence-electron chi connectivity index (χ0n) is 11.4. The molecular weight excluding hydrogens is 289 g/mol. The molecule has 21 heavy (non-hydrogen) atoms. The van der Waals surface area contributed by atoms with Gasteiger partial charge in [-0.2, -0.15) is 0 Å². The Labute approximate surface area is 125 Å². The summed E-state index contributed by atoms with van der Waals surface area (Å²) in [6.07, 6.45) is -0.551. The average Bonchev–Trinajstić information content (AvgIpc) is 2.89. The van der Waals surface area contributed by atoms with Gasteiger partial charge in [0.05, 0.1) is 10.8 Å². The third-order valence-corrected chi connectivity index (χ3v) is 4.02. The molecule has 0 bridgehead atoms. The molecule has 108 valence electrons. The number of para-hydroxylation sites is 1. The van der Waals surface area contributed by atoms with Crippen molar-refractivity contribution in [2.24, 2.45) is 0 Å². The van der Waals surface area contributed by atoms with E-state index in [1.165, 1.54) is 17.4 Å². The molecule has 0 aliphatic heterocycles. The van der Waals surface area contributed by atoms with Crippen LogP contribution in [0, 0.1) is 5.82 Å². The van der Waals surface area contributed by atoms with Crippen LogP contribution >= 0.6 is 11.3 Å². The minimum Gasteiger partial charge on any atom is -0.489 e. The number of halogens is 1. The SMILES string of the molecule is CC(O)COc1cccc2sc(-c3ccccc3F)nc12. The Morgan fingerprint density at radius 2 is 2.05 bits per heavy atom. The van der Waals surface area contributed by atoms with E-state index in [9.17, 15) is 9.50 Å². The Morgan fingerprint density at radius 3 is 2.81 bits per heavy atom. The van der Waals surface area contributed by atoms with Gasteiger partial charge < -0.3 is 9.84 Å². The highest BCUT2D eigenvalue weighted by atomic mass is 32.1. The highest BCUT2D eigenvalue weighted by Crippen LogP contribution is 2.35.